The third kappa shape index (κ3) is 2.57. The Kier molecular flexibility index (Phi) is 3.83. The van der Waals surface area contributed by atoms with Gasteiger partial charge in [-0.25, -0.2) is 0 Å². The monoisotopic (exact) mass is 316 g/mol. The zero-order chi connectivity index (χ0) is 15.7. The summed E-state index contributed by atoms with van der Waals surface area (Å²) in [6, 6.07) is 13.5. The van der Waals surface area contributed by atoms with E-state index < -0.39 is 10.2 Å². The van der Waals surface area contributed by atoms with Crippen molar-refractivity contribution in [2.45, 2.75) is 26.7 Å². The lowest BCUT2D eigenvalue weighted by atomic mass is 10.1. The van der Waals surface area contributed by atoms with E-state index in [4.69, 9.17) is 0 Å². The van der Waals surface area contributed by atoms with E-state index in [9.17, 15) is 8.42 Å². The minimum Gasteiger partial charge on any atom is -0.266 e. The molecule has 1 aliphatic rings. The molecule has 116 valence electrons. The first-order valence-corrected chi connectivity index (χ1v) is 8.94. The van der Waals surface area contributed by atoms with Gasteiger partial charge in [0.05, 0.1) is 11.4 Å². The van der Waals surface area contributed by atoms with Crippen molar-refractivity contribution in [2.75, 3.05) is 15.6 Å². The number of anilines is 2. The standard InChI is InChI=1S/C17H20N2O2S/c1-3-14-9-6-7-13(2)17(14)18-22(20,21)19-12-11-15-8-4-5-10-16(15)19/h4-10,18H,3,11-12H2,1-2H3. The molecule has 2 aromatic carbocycles. The minimum absolute atomic E-state index is 0.488. The molecular formula is C17H20N2O2S. The molecule has 0 aromatic heterocycles. The number of hydrogen-bond donors (Lipinski definition) is 1. The maximum atomic E-state index is 12.8. The van der Waals surface area contributed by atoms with Crippen LogP contribution in [0.4, 0.5) is 11.4 Å². The molecule has 2 aromatic rings. The average Bonchev–Trinajstić information content (AvgIpc) is 2.94. The number of benzene rings is 2. The van der Waals surface area contributed by atoms with E-state index in [0.717, 1.165) is 35.2 Å². The molecule has 0 unspecified atom stereocenters. The topological polar surface area (TPSA) is 49.4 Å². The quantitative estimate of drug-likeness (QED) is 0.941. The van der Waals surface area contributed by atoms with Gasteiger partial charge in [-0.15, -0.1) is 0 Å². The molecule has 0 radical (unpaired) electrons. The molecule has 0 bridgehead atoms. The molecule has 22 heavy (non-hydrogen) atoms. The Labute approximate surface area is 132 Å². The number of hydrogen-bond acceptors (Lipinski definition) is 2. The van der Waals surface area contributed by atoms with Crippen molar-refractivity contribution in [1.82, 2.24) is 0 Å². The van der Waals surface area contributed by atoms with Crippen molar-refractivity contribution in [3.8, 4) is 0 Å². The van der Waals surface area contributed by atoms with Gasteiger partial charge in [0.2, 0.25) is 0 Å². The highest BCUT2D eigenvalue weighted by Crippen LogP contribution is 2.31. The van der Waals surface area contributed by atoms with Crippen LogP contribution in [0, 0.1) is 6.92 Å². The molecule has 0 spiro atoms. The lowest BCUT2D eigenvalue weighted by Gasteiger charge is -2.22. The number of aryl methyl sites for hydroxylation is 2. The molecule has 0 saturated heterocycles. The van der Waals surface area contributed by atoms with Crippen LogP contribution >= 0.6 is 0 Å². The van der Waals surface area contributed by atoms with E-state index in [1.165, 1.54) is 4.31 Å². The summed E-state index contributed by atoms with van der Waals surface area (Å²) in [5.41, 5.74) is 4.51. The predicted molar refractivity (Wildman–Crippen MR) is 90.6 cm³/mol. The van der Waals surface area contributed by atoms with Crippen LogP contribution in [0.15, 0.2) is 42.5 Å². The maximum absolute atomic E-state index is 12.8. The first-order valence-electron chi connectivity index (χ1n) is 7.50. The lowest BCUT2D eigenvalue weighted by molar-refractivity contribution is 0.597. The zero-order valence-corrected chi connectivity index (χ0v) is 13.7. The summed E-state index contributed by atoms with van der Waals surface area (Å²) in [6.45, 7) is 4.44. The third-order valence-corrected chi connectivity index (χ3v) is 5.53. The smallest absolute Gasteiger partial charge is 0.266 e. The van der Waals surface area contributed by atoms with E-state index in [-0.39, 0.29) is 0 Å². The van der Waals surface area contributed by atoms with Gasteiger partial charge in [0.25, 0.3) is 0 Å². The number of para-hydroxylation sites is 2. The molecule has 0 atom stereocenters. The molecule has 0 fully saturated rings. The first-order chi connectivity index (χ1) is 10.5. The first kappa shape index (κ1) is 14.9. The van der Waals surface area contributed by atoms with Crippen molar-refractivity contribution in [2.24, 2.45) is 0 Å². The Balaban J connectivity index is 1.96. The van der Waals surface area contributed by atoms with E-state index in [2.05, 4.69) is 4.72 Å². The van der Waals surface area contributed by atoms with Crippen LogP contribution in [0.2, 0.25) is 0 Å². The summed E-state index contributed by atoms with van der Waals surface area (Å²) in [7, 11) is -3.60. The fraction of sp³-hybridized carbons (Fsp3) is 0.294. The van der Waals surface area contributed by atoms with Gasteiger partial charge in [0.15, 0.2) is 0 Å². The van der Waals surface area contributed by atoms with Crippen LogP contribution in [0.3, 0.4) is 0 Å². The number of fused-ring (bicyclic) bond motifs is 1. The fourth-order valence-electron chi connectivity index (χ4n) is 2.91. The second-order valence-electron chi connectivity index (χ2n) is 5.52. The van der Waals surface area contributed by atoms with E-state index in [0.29, 0.717) is 12.2 Å². The molecule has 4 nitrogen and oxygen atoms in total. The molecular weight excluding hydrogens is 296 g/mol. The van der Waals surface area contributed by atoms with E-state index >= 15 is 0 Å². The van der Waals surface area contributed by atoms with Crippen LogP contribution in [0.1, 0.15) is 23.6 Å². The Morgan fingerprint density at radius 2 is 1.91 bits per heavy atom. The number of nitrogens with one attached hydrogen (secondary N) is 1. The minimum atomic E-state index is -3.60. The maximum Gasteiger partial charge on any atom is 0.324 e. The average molecular weight is 316 g/mol. The molecule has 0 saturated carbocycles. The summed E-state index contributed by atoms with van der Waals surface area (Å²) >= 11 is 0. The van der Waals surface area contributed by atoms with Crippen LogP contribution < -0.4 is 9.03 Å². The van der Waals surface area contributed by atoms with Crippen molar-refractivity contribution < 1.29 is 8.42 Å². The fourth-order valence-corrected chi connectivity index (χ4v) is 4.34. The van der Waals surface area contributed by atoms with Crippen molar-refractivity contribution >= 4 is 21.6 Å². The van der Waals surface area contributed by atoms with Crippen molar-refractivity contribution in [3.05, 3.63) is 59.2 Å². The molecule has 1 heterocycles. The third-order valence-electron chi connectivity index (χ3n) is 4.11. The van der Waals surface area contributed by atoms with Crippen LogP contribution in [-0.2, 0) is 23.1 Å². The van der Waals surface area contributed by atoms with Gasteiger partial charge in [0.1, 0.15) is 0 Å². The molecule has 3 rings (SSSR count). The van der Waals surface area contributed by atoms with E-state index in [1.807, 2.05) is 56.3 Å². The highest BCUT2D eigenvalue weighted by molar-refractivity contribution is 7.94. The van der Waals surface area contributed by atoms with Gasteiger partial charge in [0, 0.05) is 6.54 Å². The summed E-state index contributed by atoms with van der Waals surface area (Å²) < 4.78 is 29.9. The van der Waals surface area contributed by atoms with Crippen LogP contribution in [-0.4, -0.2) is 15.0 Å². The highest BCUT2D eigenvalue weighted by atomic mass is 32.2. The van der Waals surface area contributed by atoms with Gasteiger partial charge < -0.3 is 0 Å². The predicted octanol–water partition coefficient (Wildman–Crippen LogP) is 3.28. The largest absolute Gasteiger partial charge is 0.324 e. The Hall–Kier alpha value is -2.01. The SMILES string of the molecule is CCc1cccc(C)c1NS(=O)(=O)N1CCc2ccccc21. The zero-order valence-electron chi connectivity index (χ0n) is 12.8. The highest BCUT2D eigenvalue weighted by Gasteiger charge is 2.29. The lowest BCUT2D eigenvalue weighted by Crippen LogP contribution is -2.35. The Morgan fingerprint density at radius 1 is 1.14 bits per heavy atom. The molecule has 5 heteroatoms. The van der Waals surface area contributed by atoms with E-state index in [1.54, 1.807) is 0 Å². The molecule has 0 aliphatic carbocycles. The van der Waals surface area contributed by atoms with Crippen LogP contribution in [0.5, 0.6) is 0 Å². The summed E-state index contributed by atoms with van der Waals surface area (Å²) in [5, 5.41) is 0. The molecule has 1 aliphatic heterocycles. The second kappa shape index (κ2) is 5.65. The van der Waals surface area contributed by atoms with Gasteiger partial charge in [-0.3, -0.25) is 9.03 Å². The second-order valence-corrected chi connectivity index (χ2v) is 7.12. The molecule has 1 N–H and O–H groups in total. The van der Waals surface area contributed by atoms with Gasteiger partial charge in [-0.2, -0.15) is 8.42 Å². The van der Waals surface area contributed by atoms with Gasteiger partial charge in [-0.1, -0.05) is 43.3 Å². The van der Waals surface area contributed by atoms with Crippen molar-refractivity contribution in [3.63, 3.8) is 0 Å². The van der Waals surface area contributed by atoms with Gasteiger partial charge in [-0.05, 0) is 42.5 Å². The van der Waals surface area contributed by atoms with Crippen molar-refractivity contribution in [1.29, 1.82) is 0 Å². The number of rotatable bonds is 4. The summed E-state index contributed by atoms with van der Waals surface area (Å²) in [5.74, 6) is 0. The Bertz CT molecular complexity index is 800. The van der Waals surface area contributed by atoms with Gasteiger partial charge >= 0.3 is 10.2 Å². The normalized spacial score (nSPS) is 14.0. The van der Waals surface area contributed by atoms with Crippen LogP contribution in [0.25, 0.3) is 0 Å². The number of nitrogens with zero attached hydrogens (tertiary/aromatic N) is 1. The molecule has 0 amide bonds. The Morgan fingerprint density at radius 3 is 2.68 bits per heavy atom. The summed E-state index contributed by atoms with van der Waals surface area (Å²) in [4.78, 5) is 0. The summed E-state index contributed by atoms with van der Waals surface area (Å²) in [6.07, 6.45) is 1.54.